The second-order valence-electron chi connectivity index (χ2n) is 12.0. The molecule has 0 aliphatic carbocycles. The highest BCUT2D eigenvalue weighted by Gasteiger charge is 2.25. The zero-order valence-electron chi connectivity index (χ0n) is 25.7. The number of allylic oxidation sites excluding steroid dienone is 1. The van der Waals surface area contributed by atoms with Gasteiger partial charge in [-0.2, -0.15) is 0 Å². The van der Waals surface area contributed by atoms with E-state index in [0.717, 1.165) is 24.8 Å². The van der Waals surface area contributed by atoms with Crippen molar-refractivity contribution in [2.45, 2.75) is 97.7 Å². The summed E-state index contributed by atoms with van der Waals surface area (Å²) in [5.74, 6) is -3.66. The van der Waals surface area contributed by atoms with E-state index in [1.54, 1.807) is 47.6 Å². The summed E-state index contributed by atoms with van der Waals surface area (Å²) in [5.41, 5.74) is 1.21. The topological polar surface area (TPSA) is 127 Å². The van der Waals surface area contributed by atoms with Crippen LogP contribution in [0.25, 0.3) is 0 Å². The molecule has 1 atom stereocenters. The number of benzene rings is 2. The normalized spacial score (nSPS) is 12.4. The first-order chi connectivity index (χ1) is 19.6. The number of hydrogen-bond donors (Lipinski definition) is 2. The van der Waals surface area contributed by atoms with E-state index in [4.69, 9.17) is 14.6 Å². The van der Waals surface area contributed by atoms with Crippen molar-refractivity contribution >= 4 is 23.9 Å². The van der Waals surface area contributed by atoms with Gasteiger partial charge in [-0.05, 0) is 84.8 Å². The Balaban J connectivity index is 0.000000420. The van der Waals surface area contributed by atoms with Gasteiger partial charge in [0, 0.05) is 5.57 Å². The van der Waals surface area contributed by atoms with Crippen LogP contribution in [0.5, 0.6) is 0 Å². The second kappa shape index (κ2) is 17.8. The van der Waals surface area contributed by atoms with Crippen LogP contribution in [-0.2, 0) is 41.5 Å². The van der Waals surface area contributed by atoms with E-state index in [9.17, 15) is 24.3 Å². The number of carboxylic acids is 2. The molecule has 8 nitrogen and oxygen atoms in total. The standard InChI is InChI=1S/C17H24O4.C17H22O4/c2*1-17(2,3)21-15(18)12-14(16(19)20)11-7-10-13-8-5-4-6-9-13/h4-6,8-9,14H,7,10-12H2,1-3H3,(H,19,20);4-6,8-9,11H,7,10,12H2,1-3H3,(H,19,20)/b;14-11+. The predicted molar refractivity (Wildman–Crippen MR) is 162 cm³/mol. The summed E-state index contributed by atoms with van der Waals surface area (Å²) in [6, 6.07) is 19.7. The highest BCUT2D eigenvalue weighted by Crippen LogP contribution is 2.18. The third kappa shape index (κ3) is 17.7. The SMILES string of the molecule is CC(C)(C)OC(=O)C/C(=C\CCc1ccccc1)C(=O)O.CC(C)(C)OC(=O)CC(CCCc1ccccc1)C(=O)O. The van der Waals surface area contributed by atoms with Crippen molar-refractivity contribution in [3.05, 3.63) is 83.4 Å². The summed E-state index contributed by atoms with van der Waals surface area (Å²) >= 11 is 0. The van der Waals surface area contributed by atoms with Crippen molar-refractivity contribution < 1.29 is 38.9 Å². The maximum Gasteiger partial charge on any atom is 0.331 e. The Hall–Kier alpha value is -3.94. The molecular formula is C34H46O8. The molecule has 0 fully saturated rings. The minimum atomic E-state index is -1.08. The Morgan fingerprint density at radius 2 is 1.21 bits per heavy atom. The second-order valence-corrected chi connectivity index (χ2v) is 12.0. The molecule has 0 saturated carbocycles. The lowest BCUT2D eigenvalue weighted by Gasteiger charge is -2.21. The summed E-state index contributed by atoms with van der Waals surface area (Å²) in [6.45, 7) is 10.6. The fourth-order valence-electron chi connectivity index (χ4n) is 3.92. The minimum absolute atomic E-state index is 0.0681. The van der Waals surface area contributed by atoms with E-state index in [-0.39, 0.29) is 18.4 Å². The molecule has 0 saturated heterocycles. The molecule has 0 bridgehead atoms. The van der Waals surface area contributed by atoms with Crippen molar-refractivity contribution in [1.29, 1.82) is 0 Å². The predicted octanol–water partition coefficient (Wildman–Crippen LogP) is 6.80. The zero-order valence-corrected chi connectivity index (χ0v) is 25.7. The van der Waals surface area contributed by atoms with E-state index in [1.807, 2.05) is 60.7 Å². The van der Waals surface area contributed by atoms with Crippen molar-refractivity contribution in [2.75, 3.05) is 0 Å². The van der Waals surface area contributed by atoms with Crippen LogP contribution in [0.2, 0.25) is 0 Å². The molecule has 0 amide bonds. The highest BCUT2D eigenvalue weighted by molar-refractivity contribution is 5.92. The number of aryl methyl sites for hydroxylation is 2. The van der Waals surface area contributed by atoms with Crippen LogP contribution in [0.1, 0.15) is 84.8 Å². The number of carbonyl (C=O) groups is 4. The Labute approximate surface area is 249 Å². The first-order valence-electron chi connectivity index (χ1n) is 14.2. The number of hydrogen-bond acceptors (Lipinski definition) is 6. The van der Waals surface area contributed by atoms with Crippen molar-refractivity contribution in [3.63, 3.8) is 0 Å². The molecule has 0 aromatic heterocycles. The molecule has 2 rings (SSSR count). The molecule has 2 aromatic carbocycles. The van der Waals surface area contributed by atoms with Crippen LogP contribution >= 0.6 is 0 Å². The fraction of sp³-hybridized carbons (Fsp3) is 0.471. The van der Waals surface area contributed by atoms with Crippen molar-refractivity contribution in [3.8, 4) is 0 Å². The lowest BCUT2D eigenvalue weighted by molar-refractivity contribution is -0.160. The third-order valence-electron chi connectivity index (χ3n) is 5.74. The van der Waals surface area contributed by atoms with Crippen LogP contribution < -0.4 is 0 Å². The first kappa shape index (κ1) is 36.1. The summed E-state index contributed by atoms with van der Waals surface area (Å²) < 4.78 is 10.3. The number of carbonyl (C=O) groups excluding carboxylic acids is 2. The van der Waals surface area contributed by atoms with E-state index in [2.05, 4.69) is 0 Å². The highest BCUT2D eigenvalue weighted by atomic mass is 16.6. The van der Waals surface area contributed by atoms with Gasteiger partial charge in [0.15, 0.2) is 0 Å². The van der Waals surface area contributed by atoms with Crippen LogP contribution in [0, 0.1) is 5.92 Å². The number of ether oxygens (including phenoxy) is 2. The Kier molecular flexibility index (Phi) is 15.3. The number of carboxylic acid groups (broad SMARTS) is 2. The van der Waals surface area contributed by atoms with Crippen molar-refractivity contribution in [2.24, 2.45) is 5.92 Å². The molecule has 8 heteroatoms. The summed E-state index contributed by atoms with van der Waals surface area (Å²) in [4.78, 5) is 45.8. The minimum Gasteiger partial charge on any atom is -0.481 e. The molecule has 42 heavy (non-hydrogen) atoms. The number of aliphatic carboxylic acids is 2. The Bertz CT molecular complexity index is 1160. The maximum absolute atomic E-state index is 11.7. The van der Waals surface area contributed by atoms with E-state index < -0.39 is 41.0 Å². The van der Waals surface area contributed by atoms with Gasteiger partial charge in [0.05, 0.1) is 18.8 Å². The summed E-state index contributed by atoms with van der Waals surface area (Å²) in [5, 5.41) is 18.4. The van der Waals surface area contributed by atoms with Crippen LogP contribution in [0.15, 0.2) is 72.3 Å². The van der Waals surface area contributed by atoms with Crippen molar-refractivity contribution in [1.82, 2.24) is 0 Å². The van der Waals surface area contributed by atoms with E-state index in [0.29, 0.717) is 12.8 Å². The molecule has 0 aliphatic rings. The van der Waals surface area contributed by atoms with Crippen LogP contribution in [-0.4, -0.2) is 45.3 Å². The molecule has 2 N–H and O–H groups in total. The maximum atomic E-state index is 11.7. The van der Waals surface area contributed by atoms with Gasteiger partial charge in [-0.1, -0.05) is 66.7 Å². The number of esters is 2. The summed E-state index contributed by atoms with van der Waals surface area (Å²) in [7, 11) is 0. The smallest absolute Gasteiger partial charge is 0.331 e. The Morgan fingerprint density at radius 3 is 1.67 bits per heavy atom. The van der Waals surface area contributed by atoms with Crippen LogP contribution in [0.3, 0.4) is 0 Å². The fourth-order valence-corrected chi connectivity index (χ4v) is 3.92. The molecular weight excluding hydrogens is 536 g/mol. The van der Waals surface area contributed by atoms with Gasteiger partial charge in [0.25, 0.3) is 0 Å². The molecule has 0 aliphatic heterocycles. The summed E-state index contributed by atoms with van der Waals surface area (Å²) in [6.07, 6.45) is 4.68. The van der Waals surface area contributed by atoms with E-state index in [1.165, 1.54) is 5.56 Å². The quantitative estimate of drug-likeness (QED) is 0.195. The third-order valence-corrected chi connectivity index (χ3v) is 5.74. The van der Waals surface area contributed by atoms with Gasteiger partial charge in [0.1, 0.15) is 11.2 Å². The van der Waals surface area contributed by atoms with Gasteiger partial charge in [-0.15, -0.1) is 0 Å². The molecule has 0 radical (unpaired) electrons. The molecule has 1 unspecified atom stereocenters. The zero-order chi connectivity index (χ0) is 31.8. The lowest BCUT2D eigenvalue weighted by atomic mass is 9.96. The molecule has 0 spiro atoms. The number of rotatable bonds is 13. The largest absolute Gasteiger partial charge is 0.481 e. The average molecular weight is 583 g/mol. The lowest BCUT2D eigenvalue weighted by Crippen LogP contribution is -2.27. The average Bonchev–Trinajstić information content (AvgIpc) is 2.87. The first-order valence-corrected chi connectivity index (χ1v) is 14.2. The molecule has 0 heterocycles. The molecule has 230 valence electrons. The van der Waals surface area contributed by atoms with Gasteiger partial charge in [-0.3, -0.25) is 14.4 Å². The van der Waals surface area contributed by atoms with Gasteiger partial charge in [0.2, 0.25) is 0 Å². The van der Waals surface area contributed by atoms with Crippen LogP contribution in [0.4, 0.5) is 0 Å². The Morgan fingerprint density at radius 1 is 0.738 bits per heavy atom. The van der Waals surface area contributed by atoms with Gasteiger partial charge >= 0.3 is 23.9 Å². The van der Waals surface area contributed by atoms with E-state index >= 15 is 0 Å². The van der Waals surface area contributed by atoms with Gasteiger partial charge in [-0.25, -0.2) is 4.79 Å². The monoisotopic (exact) mass is 582 g/mol. The van der Waals surface area contributed by atoms with Gasteiger partial charge < -0.3 is 19.7 Å². The molecule has 2 aromatic rings.